The Morgan fingerprint density at radius 3 is 2.79 bits per heavy atom. The van der Waals surface area contributed by atoms with Gasteiger partial charge >= 0.3 is 0 Å². The highest BCUT2D eigenvalue weighted by molar-refractivity contribution is 5.52. The summed E-state index contributed by atoms with van der Waals surface area (Å²) in [6.45, 7) is 0.691. The minimum atomic E-state index is -0.599. The molecule has 0 spiro atoms. The molecule has 1 aliphatic carbocycles. The highest BCUT2D eigenvalue weighted by Crippen LogP contribution is 2.39. The summed E-state index contributed by atoms with van der Waals surface area (Å²) in [5.74, 6) is -0.0119. The number of nitro benzene ring substituents is 1. The highest BCUT2D eigenvalue weighted by Gasteiger charge is 2.40. The molecular weight excluding hydrogens is 251 g/mol. The van der Waals surface area contributed by atoms with Gasteiger partial charge in [-0.25, -0.2) is 4.39 Å². The van der Waals surface area contributed by atoms with Crippen molar-refractivity contribution in [1.29, 1.82) is 0 Å². The first-order valence-electron chi connectivity index (χ1n) is 6.46. The van der Waals surface area contributed by atoms with Crippen LogP contribution in [0.1, 0.15) is 19.3 Å². The summed E-state index contributed by atoms with van der Waals surface area (Å²) in [5.41, 5.74) is 0.220. The minimum Gasteiger partial charge on any atom is -0.379 e. The van der Waals surface area contributed by atoms with E-state index in [1.165, 1.54) is 25.0 Å². The van der Waals surface area contributed by atoms with E-state index >= 15 is 0 Å². The molecule has 1 aromatic rings. The fourth-order valence-corrected chi connectivity index (χ4v) is 2.63. The van der Waals surface area contributed by atoms with Crippen molar-refractivity contribution >= 4 is 11.4 Å². The van der Waals surface area contributed by atoms with Crippen LogP contribution >= 0.6 is 0 Å². The largest absolute Gasteiger partial charge is 0.379 e. The number of non-ortho nitro benzene ring substituents is 1. The third-order valence-corrected chi connectivity index (χ3v) is 3.67. The van der Waals surface area contributed by atoms with Crippen molar-refractivity contribution in [2.75, 3.05) is 11.9 Å². The SMILES string of the molecule is O=[N+]([O-])c1cc(F)cc(NC2CCOC2C2CC2)c1. The Bertz CT molecular complexity index is 505. The Hall–Kier alpha value is -1.69. The molecule has 1 saturated heterocycles. The minimum absolute atomic E-state index is 0.119. The molecule has 6 heteroatoms. The van der Waals surface area contributed by atoms with E-state index in [1.807, 2.05) is 0 Å². The monoisotopic (exact) mass is 266 g/mol. The van der Waals surface area contributed by atoms with Crippen molar-refractivity contribution in [2.45, 2.75) is 31.4 Å². The van der Waals surface area contributed by atoms with Crippen LogP contribution in [0.3, 0.4) is 0 Å². The lowest BCUT2D eigenvalue weighted by atomic mass is 10.1. The molecule has 0 radical (unpaired) electrons. The Kier molecular flexibility index (Phi) is 3.10. The molecule has 0 amide bonds. The van der Waals surface area contributed by atoms with Crippen molar-refractivity contribution in [3.05, 3.63) is 34.1 Å². The number of benzene rings is 1. The van der Waals surface area contributed by atoms with Gasteiger partial charge < -0.3 is 10.1 Å². The predicted octanol–water partition coefficient (Wildman–Crippen LogP) is 2.71. The van der Waals surface area contributed by atoms with E-state index in [-0.39, 0.29) is 17.8 Å². The van der Waals surface area contributed by atoms with E-state index in [9.17, 15) is 14.5 Å². The number of nitrogens with zero attached hydrogens (tertiary/aromatic N) is 1. The van der Waals surface area contributed by atoms with Gasteiger partial charge in [-0.1, -0.05) is 0 Å². The Labute approximate surface area is 109 Å². The third-order valence-electron chi connectivity index (χ3n) is 3.67. The second kappa shape index (κ2) is 4.77. The highest BCUT2D eigenvalue weighted by atomic mass is 19.1. The molecule has 3 rings (SSSR count). The number of ether oxygens (including phenoxy) is 1. The topological polar surface area (TPSA) is 64.4 Å². The van der Waals surface area contributed by atoms with Crippen LogP contribution in [0.5, 0.6) is 0 Å². The Balaban J connectivity index is 1.76. The second-order valence-electron chi connectivity index (χ2n) is 5.17. The second-order valence-corrected chi connectivity index (χ2v) is 5.17. The molecule has 1 heterocycles. The van der Waals surface area contributed by atoms with Crippen LogP contribution in [0.4, 0.5) is 15.8 Å². The first-order chi connectivity index (χ1) is 9.13. The van der Waals surface area contributed by atoms with Gasteiger partial charge in [0.1, 0.15) is 5.82 Å². The first-order valence-corrected chi connectivity index (χ1v) is 6.46. The van der Waals surface area contributed by atoms with E-state index in [0.29, 0.717) is 18.2 Å². The average Bonchev–Trinajstić information content (AvgIpc) is 3.10. The number of hydrogen-bond donors (Lipinski definition) is 1. The van der Waals surface area contributed by atoms with Crippen molar-refractivity contribution in [1.82, 2.24) is 0 Å². The van der Waals surface area contributed by atoms with Crippen LogP contribution in [-0.4, -0.2) is 23.7 Å². The van der Waals surface area contributed by atoms with E-state index < -0.39 is 10.7 Å². The first kappa shape index (κ1) is 12.3. The molecule has 5 nitrogen and oxygen atoms in total. The molecule has 1 aliphatic heterocycles. The summed E-state index contributed by atoms with van der Waals surface area (Å²) in [7, 11) is 0. The number of hydrogen-bond acceptors (Lipinski definition) is 4. The zero-order valence-corrected chi connectivity index (χ0v) is 10.3. The van der Waals surface area contributed by atoms with E-state index in [1.54, 1.807) is 0 Å². The lowest BCUT2D eigenvalue weighted by Gasteiger charge is -2.20. The normalized spacial score (nSPS) is 26.4. The van der Waals surface area contributed by atoms with Gasteiger partial charge in [-0.2, -0.15) is 0 Å². The van der Waals surface area contributed by atoms with Crippen molar-refractivity contribution < 1.29 is 14.1 Å². The van der Waals surface area contributed by atoms with Gasteiger partial charge in [-0.05, 0) is 31.2 Å². The molecule has 1 aromatic carbocycles. The smallest absolute Gasteiger partial charge is 0.274 e. The predicted molar refractivity (Wildman–Crippen MR) is 67.5 cm³/mol. The quantitative estimate of drug-likeness (QED) is 0.672. The number of nitro groups is 1. The molecule has 0 bridgehead atoms. The Morgan fingerprint density at radius 1 is 1.32 bits per heavy atom. The van der Waals surface area contributed by atoms with Gasteiger partial charge in [0, 0.05) is 18.4 Å². The maximum absolute atomic E-state index is 13.4. The van der Waals surface area contributed by atoms with Gasteiger partial charge in [0.05, 0.1) is 23.1 Å². The van der Waals surface area contributed by atoms with Gasteiger partial charge in [0.15, 0.2) is 0 Å². The Morgan fingerprint density at radius 2 is 2.11 bits per heavy atom. The van der Waals surface area contributed by atoms with Crippen LogP contribution in [0.2, 0.25) is 0 Å². The summed E-state index contributed by atoms with van der Waals surface area (Å²) >= 11 is 0. The fraction of sp³-hybridized carbons (Fsp3) is 0.538. The lowest BCUT2D eigenvalue weighted by molar-refractivity contribution is -0.385. The number of rotatable bonds is 4. The van der Waals surface area contributed by atoms with Crippen molar-refractivity contribution in [2.24, 2.45) is 5.92 Å². The third kappa shape index (κ3) is 2.68. The zero-order valence-electron chi connectivity index (χ0n) is 10.3. The van der Waals surface area contributed by atoms with E-state index in [2.05, 4.69) is 5.32 Å². The summed E-state index contributed by atoms with van der Waals surface area (Å²) < 4.78 is 19.0. The molecular formula is C13H15FN2O3. The standard InChI is InChI=1S/C13H15FN2O3/c14-9-5-10(7-11(6-9)16(17)18)15-12-3-4-19-13(12)8-1-2-8/h5-8,12-13,15H,1-4H2. The molecule has 0 aromatic heterocycles. The maximum Gasteiger partial charge on any atom is 0.274 e. The number of nitrogens with one attached hydrogen (secondary N) is 1. The molecule has 2 unspecified atom stereocenters. The zero-order chi connectivity index (χ0) is 13.4. The van der Waals surface area contributed by atoms with Gasteiger partial charge in [0.25, 0.3) is 5.69 Å². The van der Waals surface area contributed by atoms with Gasteiger partial charge in [-0.3, -0.25) is 10.1 Å². The molecule has 102 valence electrons. The molecule has 2 aliphatic rings. The molecule has 2 fully saturated rings. The van der Waals surface area contributed by atoms with Crippen LogP contribution < -0.4 is 5.32 Å². The molecule has 19 heavy (non-hydrogen) atoms. The molecule has 1 N–H and O–H groups in total. The summed E-state index contributed by atoms with van der Waals surface area (Å²) in [6, 6.07) is 3.70. The lowest BCUT2D eigenvalue weighted by Crippen LogP contribution is -2.30. The molecule has 2 atom stereocenters. The van der Waals surface area contributed by atoms with E-state index in [0.717, 1.165) is 12.5 Å². The van der Waals surface area contributed by atoms with Crippen molar-refractivity contribution in [3.8, 4) is 0 Å². The van der Waals surface area contributed by atoms with Crippen molar-refractivity contribution in [3.63, 3.8) is 0 Å². The summed E-state index contributed by atoms with van der Waals surface area (Å²) in [4.78, 5) is 10.1. The summed E-state index contributed by atoms with van der Waals surface area (Å²) in [6.07, 6.45) is 3.35. The average molecular weight is 266 g/mol. The van der Waals surface area contributed by atoms with Crippen LogP contribution in [0, 0.1) is 21.8 Å². The number of anilines is 1. The van der Waals surface area contributed by atoms with E-state index in [4.69, 9.17) is 4.74 Å². The van der Waals surface area contributed by atoms with Crippen LogP contribution in [0.25, 0.3) is 0 Å². The van der Waals surface area contributed by atoms with Gasteiger partial charge in [0.2, 0.25) is 0 Å². The molecule has 1 saturated carbocycles. The van der Waals surface area contributed by atoms with Crippen LogP contribution in [0.15, 0.2) is 18.2 Å². The van der Waals surface area contributed by atoms with Gasteiger partial charge in [-0.15, -0.1) is 0 Å². The number of halogens is 1. The maximum atomic E-state index is 13.4. The fourth-order valence-electron chi connectivity index (χ4n) is 2.63. The van der Waals surface area contributed by atoms with Crippen LogP contribution in [-0.2, 0) is 4.74 Å². The summed E-state index contributed by atoms with van der Waals surface area (Å²) in [5, 5.41) is 13.9.